The highest BCUT2D eigenvalue weighted by Gasteiger charge is 2.19. The van der Waals surface area contributed by atoms with Crippen LogP contribution in [-0.4, -0.2) is 30.4 Å². The Morgan fingerprint density at radius 2 is 2.18 bits per heavy atom. The third kappa shape index (κ3) is 3.27. The van der Waals surface area contributed by atoms with Gasteiger partial charge < -0.3 is 10.6 Å². The molecule has 0 saturated heterocycles. The van der Waals surface area contributed by atoms with Crippen LogP contribution in [-0.2, 0) is 0 Å². The number of nitrogens with two attached hydrogens (primary N) is 1. The number of carbonyl (C=O) groups is 1. The predicted octanol–water partition coefficient (Wildman–Crippen LogP) is 1.94. The summed E-state index contributed by atoms with van der Waals surface area (Å²) in [5.41, 5.74) is 6.44. The maximum Gasteiger partial charge on any atom is 0.256 e. The van der Waals surface area contributed by atoms with Gasteiger partial charge in [-0.05, 0) is 38.9 Å². The third-order valence-electron chi connectivity index (χ3n) is 2.92. The van der Waals surface area contributed by atoms with Crippen LogP contribution < -0.4 is 5.73 Å². The van der Waals surface area contributed by atoms with Gasteiger partial charge in [0.2, 0.25) is 0 Å². The molecular formula is C13H19FN2O. The normalized spacial score (nSPS) is 12.3. The maximum atomic E-state index is 13.6. The summed E-state index contributed by atoms with van der Waals surface area (Å²) in [5, 5.41) is 0. The average Bonchev–Trinajstić information content (AvgIpc) is 2.30. The molecule has 2 N–H and O–H groups in total. The molecule has 0 aliphatic rings. The molecule has 1 rings (SSSR count). The molecule has 1 amide bonds. The molecule has 0 fully saturated rings. The van der Waals surface area contributed by atoms with Gasteiger partial charge in [-0.3, -0.25) is 4.79 Å². The Morgan fingerprint density at radius 1 is 1.53 bits per heavy atom. The zero-order valence-electron chi connectivity index (χ0n) is 10.5. The fourth-order valence-electron chi connectivity index (χ4n) is 1.63. The molecule has 1 aromatic carbocycles. The van der Waals surface area contributed by atoms with Gasteiger partial charge in [0, 0.05) is 13.1 Å². The van der Waals surface area contributed by atoms with Crippen molar-refractivity contribution in [1.82, 2.24) is 4.90 Å². The second-order valence-corrected chi connectivity index (χ2v) is 4.33. The number of hydrogen-bond donors (Lipinski definition) is 1. The number of halogens is 1. The van der Waals surface area contributed by atoms with Crippen LogP contribution in [0.1, 0.15) is 29.3 Å². The summed E-state index contributed by atoms with van der Waals surface area (Å²) < 4.78 is 13.6. The van der Waals surface area contributed by atoms with E-state index in [1.165, 1.54) is 11.0 Å². The van der Waals surface area contributed by atoms with E-state index in [4.69, 9.17) is 5.73 Å². The van der Waals surface area contributed by atoms with Gasteiger partial charge in [-0.15, -0.1) is 0 Å². The van der Waals surface area contributed by atoms with Crippen LogP contribution in [0.25, 0.3) is 0 Å². The van der Waals surface area contributed by atoms with Gasteiger partial charge in [-0.2, -0.15) is 0 Å². The Morgan fingerprint density at radius 3 is 2.76 bits per heavy atom. The lowest BCUT2D eigenvalue weighted by Gasteiger charge is -2.24. The first-order valence-corrected chi connectivity index (χ1v) is 5.70. The summed E-state index contributed by atoms with van der Waals surface area (Å²) in [4.78, 5) is 13.6. The number of amides is 1. The predicted molar refractivity (Wildman–Crippen MR) is 66.4 cm³/mol. The number of nitrogens with zero attached hydrogens (tertiary/aromatic N) is 1. The van der Waals surface area contributed by atoms with E-state index in [0.29, 0.717) is 13.0 Å². The van der Waals surface area contributed by atoms with Crippen LogP contribution in [0, 0.1) is 12.7 Å². The number of hydrogen-bond acceptors (Lipinski definition) is 2. The van der Waals surface area contributed by atoms with E-state index in [-0.39, 0.29) is 17.5 Å². The summed E-state index contributed by atoms with van der Waals surface area (Å²) in [5.74, 6) is -0.778. The van der Waals surface area contributed by atoms with E-state index in [2.05, 4.69) is 0 Å². The van der Waals surface area contributed by atoms with Crippen LogP contribution in [0.15, 0.2) is 18.2 Å². The van der Waals surface area contributed by atoms with E-state index in [1.54, 1.807) is 19.2 Å². The first kappa shape index (κ1) is 13.6. The topological polar surface area (TPSA) is 46.3 Å². The number of rotatable bonds is 4. The molecule has 1 atom stereocenters. The molecule has 17 heavy (non-hydrogen) atoms. The molecule has 3 nitrogen and oxygen atoms in total. The first-order chi connectivity index (χ1) is 7.97. The Bertz CT molecular complexity index is 406. The largest absolute Gasteiger partial charge is 0.339 e. The van der Waals surface area contributed by atoms with Crippen LogP contribution in [0.5, 0.6) is 0 Å². The van der Waals surface area contributed by atoms with Crippen molar-refractivity contribution < 1.29 is 9.18 Å². The average molecular weight is 238 g/mol. The molecule has 4 heteroatoms. The quantitative estimate of drug-likeness (QED) is 0.871. The third-order valence-corrected chi connectivity index (χ3v) is 2.92. The molecular weight excluding hydrogens is 219 g/mol. The molecule has 1 unspecified atom stereocenters. The van der Waals surface area contributed by atoms with Gasteiger partial charge in [-0.25, -0.2) is 4.39 Å². The Labute approximate surface area is 101 Å². The van der Waals surface area contributed by atoms with Crippen LogP contribution in [0.3, 0.4) is 0 Å². The fraction of sp³-hybridized carbons (Fsp3) is 0.462. The highest BCUT2D eigenvalue weighted by molar-refractivity contribution is 5.94. The van der Waals surface area contributed by atoms with Gasteiger partial charge in [0.15, 0.2) is 0 Å². The first-order valence-electron chi connectivity index (χ1n) is 5.70. The second-order valence-electron chi connectivity index (χ2n) is 4.33. The van der Waals surface area contributed by atoms with Crippen molar-refractivity contribution in [3.63, 3.8) is 0 Å². The highest BCUT2D eigenvalue weighted by Crippen LogP contribution is 2.14. The molecule has 0 heterocycles. The Balaban J connectivity index is 2.92. The summed E-state index contributed by atoms with van der Waals surface area (Å²) in [7, 11) is 1.67. The molecule has 94 valence electrons. The number of benzene rings is 1. The summed E-state index contributed by atoms with van der Waals surface area (Å²) >= 11 is 0. The van der Waals surface area contributed by atoms with Crippen LogP contribution in [0.2, 0.25) is 0 Å². The summed E-state index contributed by atoms with van der Waals surface area (Å²) in [6.45, 7) is 4.24. The van der Waals surface area contributed by atoms with Gasteiger partial charge in [0.05, 0.1) is 5.56 Å². The fourth-order valence-corrected chi connectivity index (χ4v) is 1.63. The zero-order chi connectivity index (χ0) is 13.0. The molecule has 0 aliphatic heterocycles. The standard InChI is InChI=1S/C13H19FN2O/c1-9-4-5-12(14)11(8-9)13(17)16(3)10(2)6-7-15/h4-5,8,10H,6-7,15H2,1-3H3. The van der Waals surface area contributed by atoms with Crippen molar-refractivity contribution in [3.8, 4) is 0 Å². The van der Waals surface area contributed by atoms with Gasteiger partial charge in [0.25, 0.3) is 5.91 Å². The lowest BCUT2D eigenvalue weighted by Crippen LogP contribution is -2.36. The minimum Gasteiger partial charge on any atom is -0.339 e. The summed E-state index contributed by atoms with van der Waals surface area (Å²) in [6.07, 6.45) is 0.704. The van der Waals surface area contributed by atoms with Crippen molar-refractivity contribution in [2.24, 2.45) is 5.73 Å². The summed E-state index contributed by atoms with van der Waals surface area (Å²) in [6, 6.07) is 4.55. The Hall–Kier alpha value is -1.42. The van der Waals surface area contributed by atoms with Crippen molar-refractivity contribution in [1.29, 1.82) is 0 Å². The SMILES string of the molecule is Cc1ccc(F)c(C(=O)N(C)C(C)CCN)c1. The van der Waals surface area contributed by atoms with E-state index in [1.807, 2.05) is 13.8 Å². The van der Waals surface area contributed by atoms with Crippen LogP contribution >= 0.6 is 0 Å². The van der Waals surface area contributed by atoms with Crippen molar-refractivity contribution in [2.45, 2.75) is 26.3 Å². The monoisotopic (exact) mass is 238 g/mol. The lowest BCUT2D eigenvalue weighted by atomic mass is 10.1. The minimum absolute atomic E-state index is 0.00686. The molecule has 1 aromatic rings. The molecule has 0 bridgehead atoms. The minimum atomic E-state index is -0.479. The number of carbonyl (C=O) groups excluding carboxylic acids is 1. The van der Waals surface area contributed by atoms with E-state index < -0.39 is 5.82 Å². The van der Waals surface area contributed by atoms with E-state index in [9.17, 15) is 9.18 Å². The highest BCUT2D eigenvalue weighted by atomic mass is 19.1. The maximum absolute atomic E-state index is 13.6. The molecule has 0 radical (unpaired) electrons. The van der Waals surface area contributed by atoms with Crippen molar-refractivity contribution in [3.05, 3.63) is 35.1 Å². The molecule has 0 spiro atoms. The van der Waals surface area contributed by atoms with Crippen LogP contribution in [0.4, 0.5) is 4.39 Å². The van der Waals surface area contributed by atoms with E-state index >= 15 is 0 Å². The smallest absolute Gasteiger partial charge is 0.256 e. The van der Waals surface area contributed by atoms with Gasteiger partial charge in [0.1, 0.15) is 5.82 Å². The Kier molecular flexibility index (Phi) is 4.63. The van der Waals surface area contributed by atoms with Crippen molar-refractivity contribution >= 4 is 5.91 Å². The second kappa shape index (κ2) is 5.77. The number of aryl methyl sites for hydroxylation is 1. The lowest BCUT2D eigenvalue weighted by molar-refractivity contribution is 0.0734. The van der Waals surface area contributed by atoms with E-state index in [0.717, 1.165) is 5.56 Å². The molecule has 0 saturated carbocycles. The van der Waals surface area contributed by atoms with Crippen molar-refractivity contribution in [2.75, 3.05) is 13.6 Å². The molecule has 0 aromatic heterocycles. The molecule has 0 aliphatic carbocycles. The van der Waals surface area contributed by atoms with Gasteiger partial charge >= 0.3 is 0 Å². The zero-order valence-corrected chi connectivity index (χ0v) is 10.5. The van der Waals surface area contributed by atoms with Gasteiger partial charge in [-0.1, -0.05) is 11.6 Å².